The van der Waals surface area contributed by atoms with Gasteiger partial charge in [-0.1, -0.05) is 18.2 Å². The van der Waals surface area contributed by atoms with Gasteiger partial charge in [-0.2, -0.15) is 0 Å². The van der Waals surface area contributed by atoms with Crippen LogP contribution in [0.15, 0.2) is 30.3 Å². The number of methoxy groups -OCH3 is 1. The Morgan fingerprint density at radius 2 is 2.19 bits per heavy atom. The Hall–Kier alpha value is -2.14. The number of fused-ring (bicyclic) bond motifs is 1. The van der Waals surface area contributed by atoms with Crippen LogP contribution in [-0.4, -0.2) is 35.3 Å². The molecule has 5 nitrogen and oxygen atoms in total. The molecule has 0 atom stereocenters. The van der Waals surface area contributed by atoms with Gasteiger partial charge in [0.1, 0.15) is 5.82 Å². The van der Waals surface area contributed by atoms with Crippen LogP contribution < -0.4 is 5.32 Å². The molecule has 1 aromatic heterocycles. The number of pyridine rings is 1. The molecular weight excluding hydrogens is 268 g/mol. The van der Waals surface area contributed by atoms with E-state index in [9.17, 15) is 9.90 Å². The summed E-state index contributed by atoms with van der Waals surface area (Å²) in [6.07, 6.45) is 3.22. The van der Waals surface area contributed by atoms with Gasteiger partial charge >= 0.3 is 5.97 Å². The maximum atomic E-state index is 11.4. The van der Waals surface area contributed by atoms with Crippen molar-refractivity contribution in [2.45, 2.75) is 24.9 Å². The quantitative estimate of drug-likeness (QED) is 0.884. The van der Waals surface area contributed by atoms with Gasteiger partial charge in [0.2, 0.25) is 0 Å². The van der Waals surface area contributed by atoms with Crippen LogP contribution in [0.5, 0.6) is 0 Å². The lowest BCUT2D eigenvalue weighted by Crippen LogP contribution is -2.45. The van der Waals surface area contributed by atoms with Crippen molar-refractivity contribution in [2.24, 2.45) is 0 Å². The summed E-state index contributed by atoms with van der Waals surface area (Å²) in [6, 6.07) is 8.86. The monoisotopic (exact) mass is 286 g/mol. The molecule has 2 aromatic rings. The number of rotatable bonds is 5. The van der Waals surface area contributed by atoms with Gasteiger partial charge in [0.25, 0.3) is 0 Å². The van der Waals surface area contributed by atoms with Crippen molar-refractivity contribution in [2.75, 3.05) is 19.0 Å². The van der Waals surface area contributed by atoms with E-state index in [1.165, 1.54) is 6.42 Å². The van der Waals surface area contributed by atoms with Crippen LogP contribution in [0.4, 0.5) is 5.82 Å². The van der Waals surface area contributed by atoms with Crippen LogP contribution >= 0.6 is 0 Å². The average Bonchev–Trinajstić information content (AvgIpc) is 2.45. The van der Waals surface area contributed by atoms with Crippen LogP contribution in [0.3, 0.4) is 0 Å². The van der Waals surface area contributed by atoms with Gasteiger partial charge in [0, 0.05) is 19.0 Å². The van der Waals surface area contributed by atoms with E-state index in [1.807, 2.05) is 18.2 Å². The van der Waals surface area contributed by atoms with E-state index in [-0.39, 0.29) is 11.2 Å². The standard InChI is InChI=1S/C16H18N2O3/c1-21-16(7-4-8-16)10-17-14-9-12(15(19)20)11-5-2-3-6-13(11)18-14/h2-3,5-6,9H,4,7-8,10H2,1H3,(H,17,18)(H,19,20). The number of ether oxygens (including phenoxy) is 1. The molecule has 1 aromatic carbocycles. The lowest BCUT2D eigenvalue weighted by Gasteiger charge is -2.40. The molecule has 1 saturated carbocycles. The molecular formula is C16H18N2O3. The molecule has 1 fully saturated rings. The van der Waals surface area contributed by atoms with Gasteiger partial charge < -0.3 is 15.2 Å². The number of carbonyl (C=O) groups is 1. The average molecular weight is 286 g/mol. The first-order valence-corrected chi connectivity index (χ1v) is 7.06. The summed E-state index contributed by atoms with van der Waals surface area (Å²) in [6.45, 7) is 0.647. The van der Waals surface area contributed by atoms with Crippen molar-refractivity contribution in [3.63, 3.8) is 0 Å². The first kappa shape index (κ1) is 13.8. The van der Waals surface area contributed by atoms with Crippen molar-refractivity contribution < 1.29 is 14.6 Å². The van der Waals surface area contributed by atoms with Gasteiger partial charge in [0.15, 0.2) is 0 Å². The summed E-state index contributed by atoms with van der Waals surface area (Å²) >= 11 is 0. The summed E-state index contributed by atoms with van der Waals surface area (Å²) in [5, 5.41) is 13.2. The van der Waals surface area contributed by atoms with E-state index in [4.69, 9.17) is 4.74 Å². The molecule has 3 rings (SSSR count). The number of carboxylic acid groups (broad SMARTS) is 1. The molecule has 1 aliphatic rings. The van der Waals surface area contributed by atoms with Crippen LogP contribution in [0.2, 0.25) is 0 Å². The molecule has 0 saturated heterocycles. The van der Waals surface area contributed by atoms with Gasteiger partial charge in [-0.3, -0.25) is 0 Å². The molecule has 110 valence electrons. The molecule has 0 radical (unpaired) electrons. The second-order valence-electron chi connectivity index (χ2n) is 5.47. The number of aromatic nitrogens is 1. The first-order chi connectivity index (χ1) is 10.1. The zero-order chi connectivity index (χ0) is 14.9. The molecule has 0 unspecified atom stereocenters. The minimum absolute atomic E-state index is 0.128. The topological polar surface area (TPSA) is 71.5 Å². The fourth-order valence-corrected chi connectivity index (χ4v) is 2.72. The Balaban J connectivity index is 1.90. The highest BCUT2D eigenvalue weighted by atomic mass is 16.5. The lowest BCUT2D eigenvalue weighted by molar-refractivity contribution is -0.0601. The third-order valence-corrected chi connectivity index (χ3v) is 4.24. The lowest BCUT2D eigenvalue weighted by atomic mass is 9.80. The largest absolute Gasteiger partial charge is 0.478 e. The minimum atomic E-state index is -0.943. The van der Waals surface area contributed by atoms with Crippen molar-refractivity contribution >= 4 is 22.7 Å². The van der Waals surface area contributed by atoms with Crippen molar-refractivity contribution in [3.8, 4) is 0 Å². The number of hydrogen-bond acceptors (Lipinski definition) is 4. The van der Waals surface area contributed by atoms with Crippen molar-refractivity contribution in [1.29, 1.82) is 0 Å². The molecule has 5 heteroatoms. The smallest absolute Gasteiger partial charge is 0.336 e. The Morgan fingerprint density at radius 1 is 1.43 bits per heavy atom. The first-order valence-electron chi connectivity index (χ1n) is 7.06. The van der Waals surface area contributed by atoms with Crippen LogP contribution in [0, 0.1) is 0 Å². The predicted octanol–water partition coefficient (Wildman–Crippen LogP) is 2.91. The van der Waals surface area contributed by atoms with Gasteiger partial charge in [-0.15, -0.1) is 0 Å². The number of hydrogen-bond donors (Lipinski definition) is 2. The van der Waals surface area contributed by atoms with Crippen molar-refractivity contribution in [3.05, 3.63) is 35.9 Å². The molecule has 1 heterocycles. The highest BCUT2D eigenvalue weighted by molar-refractivity contribution is 6.03. The third kappa shape index (κ3) is 2.56. The van der Waals surface area contributed by atoms with Crippen LogP contribution in [0.25, 0.3) is 10.9 Å². The fourth-order valence-electron chi connectivity index (χ4n) is 2.72. The highest BCUT2D eigenvalue weighted by Crippen LogP contribution is 2.35. The summed E-state index contributed by atoms with van der Waals surface area (Å²) in [4.78, 5) is 15.9. The maximum absolute atomic E-state index is 11.4. The van der Waals surface area contributed by atoms with Gasteiger partial charge in [-0.25, -0.2) is 9.78 Å². The summed E-state index contributed by atoms with van der Waals surface area (Å²) in [5.74, 6) is -0.365. The normalized spacial score (nSPS) is 16.4. The van der Waals surface area contributed by atoms with E-state index in [0.717, 1.165) is 12.8 Å². The SMILES string of the molecule is COC1(CNc2cc(C(=O)O)c3ccccc3n2)CCC1. The number of anilines is 1. The van der Waals surface area contributed by atoms with Crippen LogP contribution in [-0.2, 0) is 4.74 Å². The maximum Gasteiger partial charge on any atom is 0.336 e. The Labute approximate surface area is 123 Å². The van der Waals surface area contributed by atoms with E-state index < -0.39 is 5.97 Å². The summed E-state index contributed by atoms with van der Waals surface area (Å²) in [5.41, 5.74) is 0.819. The molecule has 0 amide bonds. The summed E-state index contributed by atoms with van der Waals surface area (Å²) < 4.78 is 5.55. The zero-order valence-corrected chi connectivity index (χ0v) is 11.9. The molecule has 2 N–H and O–H groups in total. The predicted molar refractivity (Wildman–Crippen MR) is 80.8 cm³/mol. The molecule has 0 spiro atoms. The van der Waals surface area contributed by atoms with Gasteiger partial charge in [-0.05, 0) is 31.4 Å². The second kappa shape index (κ2) is 5.33. The summed E-state index contributed by atoms with van der Waals surface area (Å²) in [7, 11) is 1.72. The Kier molecular flexibility index (Phi) is 3.51. The molecule has 1 aliphatic carbocycles. The van der Waals surface area contributed by atoms with E-state index >= 15 is 0 Å². The van der Waals surface area contributed by atoms with Crippen LogP contribution in [0.1, 0.15) is 29.6 Å². The van der Waals surface area contributed by atoms with Gasteiger partial charge in [0.05, 0.1) is 16.7 Å². The third-order valence-electron chi connectivity index (χ3n) is 4.24. The Morgan fingerprint density at radius 3 is 2.81 bits per heavy atom. The number of nitrogens with one attached hydrogen (secondary N) is 1. The zero-order valence-electron chi connectivity index (χ0n) is 11.9. The fraction of sp³-hybridized carbons (Fsp3) is 0.375. The number of benzene rings is 1. The van der Waals surface area contributed by atoms with E-state index in [2.05, 4.69) is 10.3 Å². The number of aromatic carboxylic acids is 1. The second-order valence-corrected chi connectivity index (χ2v) is 5.47. The molecule has 0 bridgehead atoms. The Bertz CT molecular complexity index is 675. The molecule has 21 heavy (non-hydrogen) atoms. The van der Waals surface area contributed by atoms with E-state index in [1.54, 1.807) is 19.2 Å². The molecule has 0 aliphatic heterocycles. The minimum Gasteiger partial charge on any atom is -0.478 e. The number of carboxylic acids is 1. The highest BCUT2D eigenvalue weighted by Gasteiger charge is 2.36. The van der Waals surface area contributed by atoms with Crippen molar-refractivity contribution in [1.82, 2.24) is 4.98 Å². The number of nitrogens with zero attached hydrogens (tertiary/aromatic N) is 1. The number of para-hydroxylation sites is 1. The van der Waals surface area contributed by atoms with E-state index in [0.29, 0.717) is 23.3 Å².